The summed E-state index contributed by atoms with van der Waals surface area (Å²) in [6.07, 6.45) is 9.56. The second kappa shape index (κ2) is 9.78. The fourth-order valence-electron chi connectivity index (χ4n) is 3.60. The van der Waals surface area contributed by atoms with Crippen molar-refractivity contribution in [3.63, 3.8) is 0 Å². The molecule has 0 bridgehead atoms. The third kappa shape index (κ3) is 7.84. The number of unbranched alkanes of at least 4 members (excludes halogenated alkanes) is 2. The molecule has 0 spiro atoms. The predicted octanol–water partition coefficient (Wildman–Crippen LogP) is 5.55. The van der Waals surface area contributed by atoms with Crippen LogP contribution in [0.3, 0.4) is 0 Å². The molecule has 1 saturated heterocycles. The van der Waals surface area contributed by atoms with Gasteiger partial charge in [0.2, 0.25) is 0 Å². The van der Waals surface area contributed by atoms with Gasteiger partial charge >= 0.3 is 0 Å². The highest BCUT2D eigenvalue weighted by atomic mass is 28.3. The smallest absolute Gasteiger partial charge is 0.140 e. The Hall–Kier alpha value is -0.263. The molecule has 0 N–H and O–H groups in total. The highest BCUT2D eigenvalue weighted by molar-refractivity contribution is 6.76. The summed E-state index contributed by atoms with van der Waals surface area (Å²) in [4.78, 5) is 0. The van der Waals surface area contributed by atoms with Crippen LogP contribution in [-0.4, -0.2) is 38.7 Å². The van der Waals surface area contributed by atoms with E-state index in [0.717, 1.165) is 6.54 Å². The van der Waals surface area contributed by atoms with Crippen molar-refractivity contribution in [3.05, 3.63) is 0 Å². The Kier molecular flexibility index (Phi) is 8.80. The van der Waals surface area contributed by atoms with Gasteiger partial charge in [0.1, 0.15) is 6.54 Å². The fraction of sp³-hybridized carbons (Fsp3) is 0.900. The van der Waals surface area contributed by atoms with E-state index in [9.17, 15) is 0 Å². The lowest BCUT2D eigenvalue weighted by atomic mass is 10.0. The van der Waals surface area contributed by atoms with Gasteiger partial charge in [0, 0.05) is 26.8 Å². The lowest BCUT2D eigenvalue weighted by Gasteiger charge is -2.32. The lowest BCUT2D eigenvalue weighted by Crippen LogP contribution is -2.46. The molecule has 0 aliphatic carbocycles. The van der Waals surface area contributed by atoms with Crippen LogP contribution in [0.2, 0.25) is 25.7 Å². The van der Waals surface area contributed by atoms with Crippen LogP contribution in [0, 0.1) is 17.8 Å². The quantitative estimate of drug-likeness (QED) is 0.226. The summed E-state index contributed by atoms with van der Waals surface area (Å²) in [5.41, 5.74) is 0. The van der Waals surface area contributed by atoms with Gasteiger partial charge in [-0.05, 0) is 31.6 Å². The van der Waals surface area contributed by atoms with Crippen LogP contribution in [0.4, 0.5) is 0 Å². The van der Waals surface area contributed by atoms with Crippen LogP contribution >= 0.6 is 0 Å². The van der Waals surface area contributed by atoms with Gasteiger partial charge in [0.05, 0.1) is 19.6 Å². The highest BCUT2D eigenvalue weighted by Crippen LogP contribution is 2.21. The van der Waals surface area contributed by atoms with Crippen molar-refractivity contribution >= 4 is 8.07 Å². The van der Waals surface area contributed by atoms with Crippen molar-refractivity contribution < 1.29 is 4.48 Å². The zero-order valence-electron chi connectivity index (χ0n) is 16.0. The molecule has 0 unspecified atom stereocenters. The summed E-state index contributed by atoms with van der Waals surface area (Å²) < 4.78 is 1.31. The molecule has 0 aromatic heterocycles. The van der Waals surface area contributed by atoms with E-state index < -0.39 is 8.07 Å². The van der Waals surface area contributed by atoms with Crippen molar-refractivity contribution in [3.8, 4) is 11.8 Å². The van der Waals surface area contributed by atoms with Crippen molar-refractivity contribution in [1.82, 2.24) is 0 Å². The maximum atomic E-state index is 3.56. The molecule has 0 amide bonds. The van der Waals surface area contributed by atoms with Gasteiger partial charge in [0.25, 0.3) is 0 Å². The fourth-order valence-corrected chi connectivity index (χ4v) is 4.91. The normalized spacial score (nSPS) is 17.5. The van der Waals surface area contributed by atoms with E-state index in [2.05, 4.69) is 45.3 Å². The third-order valence-electron chi connectivity index (χ3n) is 5.28. The van der Waals surface area contributed by atoms with Gasteiger partial charge in [-0.2, -0.15) is 0 Å². The van der Waals surface area contributed by atoms with Gasteiger partial charge in [0.15, 0.2) is 0 Å². The minimum absolute atomic E-state index is 0.624. The first kappa shape index (κ1) is 19.8. The van der Waals surface area contributed by atoms with Gasteiger partial charge in [-0.25, -0.2) is 0 Å². The second-order valence-corrected chi connectivity index (χ2v) is 14.2. The standard InChI is InChI=1S/C20H40NSi/c1-6-20(7-2)14-13-18-21(16-10-11-17-21)15-9-8-12-19-22(3,4)5/h20H,6-12,15-19H2,1-5H3/q+1. The SMILES string of the molecule is CCC(C#CC[N+]1(CCCCC[Si](C)(C)C)CCCC1)CC. The van der Waals surface area contributed by atoms with Crippen molar-refractivity contribution in [2.24, 2.45) is 5.92 Å². The molecule has 0 saturated carbocycles. The summed E-state index contributed by atoms with van der Waals surface area (Å²) >= 11 is 0. The Morgan fingerprint density at radius 2 is 1.59 bits per heavy atom. The number of quaternary nitrogens is 1. The molecular formula is C20H40NSi+. The van der Waals surface area contributed by atoms with Crippen molar-refractivity contribution in [2.75, 3.05) is 26.2 Å². The molecule has 0 aromatic rings. The minimum Gasteiger partial charge on any atom is -0.313 e. The number of nitrogens with zero attached hydrogens (tertiary/aromatic N) is 1. The molecule has 1 nitrogen and oxygen atoms in total. The number of likely N-dealkylation sites (tertiary alicyclic amines) is 1. The topological polar surface area (TPSA) is 0 Å². The molecule has 1 fully saturated rings. The Bertz CT molecular complexity index is 348. The lowest BCUT2D eigenvalue weighted by molar-refractivity contribution is -0.910. The summed E-state index contributed by atoms with van der Waals surface area (Å²) in [6, 6.07) is 1.50. The summed E-state index contributed by atoms with van der Waals surface area (Å²) in [6.45, 7) is 17.3. The monoisotopic (exact) mass is 322 g/mol. The molecule has 128 valence electrons. The molecule has 1 heterocycles. The van der Waals surface area contributed by atoms with Crippen LogP contribution in [0.25, 0.3) is 0 Å². The molecule has 1 aliphatic rings. The van der Waals surface area contributed by atoms with Crippen LogP contribution in [0.1, 0.15) is 58.8 Å². The van der Waals surface area contributed by atoms with Gasteiger partial charge in [-0.1, -0.05) is 51.9 Å². The number of hydrogen-bond donors (Lipinski definition) is 0. The van der Waals surface area contributed by atoms with E-state index in [-0.39, 0.29) is 0 Å². The molecular weight excluding hydrogens is 282 g/mol. The van der Waals surface area contributed by atoms with E-state index in [4.69, 9.17) is 0 Å². The summed E-state index contributed by atoms with van der Waals surface area (Å²) in [7, 11) is -0.827. The Morgan fingerprint density at radius 1 is 0.955 bits per heavy atom. The van der Waals surface area contributed by atoms with Crippen molar-refractivity contribution in [2.45, 2.75) is 84.5 Å². The van der Waals surface area contributed by atoms with Crippen LogP contribution in [0.5, 0.6) is 0 Å². The van der Waals surface area contributed by atoms with E-state index in [1.165, 1.54) is 75.1 Å². The summed E-state index contributed by atoms with van der Waals surface area (Å²) in [5, 5.41) is 0. The molecule has 2 heteroatoms. The Balaban J connectivity index is 2.37. The first-order valence-corrected chi connectivity index (χ1v) is 13.4. The maximum Gasteiger partial charge on any atom is 0.140 e. The average molecular weight is 323 g/mol. The van der Waals surface area contributed by atoms with E-state index in [0.29, 0.717) is 5.92 Å². The molecule has 0 aromatic carbocycles. The zero-order chi connectivity index (χ0) is 16.5. The average Bonchev–Trinajstić information content (AvgIpc) is 2.91. The van der Waals surface area contributed by atoms with Gasteiger partial charge in [-0.15, -0.1) is 0 Å². The molecule has 22 heavy (non-hydrogen) atoms. The second-order valence-electron chi connectivity index (χ2n) is 8.58. The van der Waals surface area contributed by atoms with Crippen molar-refractivity contribution in [1.29, 1.82) is 0 Å². The number of hydrogen-bond acceptors (Lipinski definition) is 0. The molecule has 1 rings (SSSR count). The summed E-state index contributed by atoms with van der Waals surface area (Å²) in [5.74, 6) is 7.72. The maximum absolute atomic E-state index is 3.56. The minimum atomic E-state index is -0.827. The first-order valence-electron chi connectivity index (χ1n) is 9.74. The Labute approximate surface area is 141 Å². The molecule has 0 radical (unpaired) electrons. The molecule has 1 aliphatic heterocycles. The van der Waals surface area contributed by atoms with Gasteiger partial charge < -0.3 is 4.48 Å². The first-order chi connectivity index (χ1) is 10.4. The van der Waals surface area contributed by atoms with Gasteiger partial charge in [-0.3, -0.25) is 0 Å². The largest absolute Gasteiger partial charge is 0.313 e. The zero-order valence-corrected chi connectivity index (χ0v) is 17.0. The predicted molar refractivity (Wildman–Crippen MR) is 103 cm³/mol. The van der Waals surface area contributed by atoms with Crippen LogP contribution in [0.15, 0.2) is 0 Å². The third-order valence-corrected chi connectivity index (χ3v) is 7.13. The number of rotatable bonds is 9. The van der Waals surface area contributed by atoms with Crippen LogP contribution in [-0.2, 0) is 0 Å². The van der Waals surface area contributed by atoms with Crippen LogP contribution < -0.4 is 0 Å². The Morgan fingerprint density at radius 3 is 2.14 bits per heavy atom. The van der Waals surface area contributed by atoms with E-state index in [1.807, 2.05) is 0 Å². The highest BCUT2D eigenvalue weighted by Gasteiger charge is 2.30. The molecule has 0 atom stereocenters. The van der Waals surface area contributed by atoms with E-state index >= 15 is 0 Å². The van der Waals surface area contributed by atoms with E-state index in [1.54, 1.807) is 0 Å².